The number of carbonyl (C=O) groups excluding carboxylic acids is 1. The van der Waals surface area contributed by atoms with Gasteiger partial charge in [0, 0.05) is 22.4 Å². The van der Waals surface area contributed by atoms with Gasteiger partial charge in [0.05, 0.1) is 18.1 Å². The van der Waals surface area contributed by atoms with Crippen LogP contribution in [0.5, 0.6) is 0 Å². The zero-order valence-corrected chi connectivity index (χ0v) is 14.7. The van der Waals surface area contributed by atoms with Crippen molar-refractivity contribution in [3.05, 3.63) is 77.3 Å². The van der Waals surface area contributed by atoms with Crippen LogP contribution in [0.15, 0.2) is 76.7 Å². The second-order valence-electron chi connectivity index (χ2n) is 6.64. The summed E-state index contributed by atoms with van der Waals surface area (Å²) in [5.74, 6) is -0.192. The summed E-state index contributed by atoms with van der Waals surface area (Å²) < 4.78 is 0. The number of β-lactam (4-membered cyclic amide) rings is 1. The number of thioether (sulfide) groups is 1. The first-order valence-corrected chi connectivity index (χ1v) is 9.52. The number of carbonyl (C=O) groups is 1. The van der Waals surface area contributed by atoms with Crippen LogP contribution in [0.4, 0.5) is 0 Å². The van der Waals surface area contributed by atoms with E-state index in [0.29, 0.717) is 6.42 Å². The van der Waals surface area contributed by atoms with Crippen LogP contribution in [0.2, 0.25) is 0 Å². The lowest BCUT2D eigenvalue weighted by Gasteiger charge is -2.44. The molecule has 25 heavy (non-hydrogen) atoms. The van der Waals surface area contributed by atoms with Gasteiger partial charge < -0.3 is 10.0 Å². The minimum absolute atomic E-state index is 0.0641. The van der Waals surface area contributed by atoms with E-state index >= 15 is 0 Å². The molecule has 0 bridgehead atoms. The molecule has 0 aromatic heterocycles. The predicted octanol–water partition coefficient (Wildman–Crippen LogP) is 3.84. The Labute approximate surface area is 152 Å². The second kappa shape index (κ2) is 7.06. The summed E-state index contributed by atoms with van der Waals surface area (Å²) in [6.45, 7) is 0. The van der Waals surface area contributed by atoms with Crippen LogP contribution in [0.3, 0.4) is 0 Å². The molecule has 4 heteroatoms. The number of benzene rings is 2. The molecule has 2 aromatic carbocycles. The molecule has 2 heterocycles. The first kappa shape index (κ1) is 16.4. The lowest BCUT2D eigenvalue weighted by atomic mass is 9.81. The highest BCUT2D eigenvalue weighted by atomic mass is 32.2. The molecule has 2 aliphatic heterocycles. The van der Waals surface area contributed by atoms with Crippen LogP contribution < -0.4 is 0 Å². The van der Waals surface area contributed by atoms with Crippen LogP contribution in [-0.2, 0) is 11.2 Å². The van der Waals surface area contributed by atoms with Crippen molar-refractivity contribution in [1.82, 2.24) is 4.90 Å². The summed E-state index contributed by atoms with van der Waals surface area (Å²) in [4.78, 5) is 16.6. The van der Waals surface area contributed by atoms with Crippen LogP contribution in [-0.4, -0.2) is 28.1 Å². The molecule has 2 aliphatic rings. The van der Waals surface area contributed by atoms with Gasteiger partial charge in [-0.15, -0.1) is 0 Å². The van der Waals surface area contributed by atoms with Gasteiger partial charge in [0.15, 0.2) is 0 Å². The van der Waals surface area contributed by atoms with E-state index in [1.54, 1.807) is 11.8 Å². The second-order valence-corrected chi connectivity index (χ2v) is 7.84. The number of hydrogen-bond donors (Lipinski definition) is 1. The Morgan fingerprint density at radius 2 is 1.76 bits per heavy atom. The zero-order valence-electron chi connectivity index (χ0n) is 13.9. The summed E-state index contributed by atoms with van der Waals surface area (Å²) in [5.41, 5.74) is 1.20. The Morgan fingerprint density at radius 3 is 2.48 bits per heavy atom. The monoisotopic (exact) mass is 351 g/mol. The number of amides is 1. The highest BCUT2D eigenvalue weighted by Crippen LogP contribution is 2.45. The summed E-state index contributed by atoms with van der Waals surface area (Å²) >= 11 is 1.71. The van der Waals surface area contributed by atoms with Gasteiger partial charge in [-0.3, -0.25) is 4.79 Å². The number of hydrogen-bond acceptors (Lipinski definition) is 3. The largest absolute Gasteiger partial charge is 0.392 e. The molecule has 0 aliphatic carbocycles. The zero-order chi connectivity index (χ0) is 17.2. The number of rotatable bonds is 6. The standard InChI is InChI=1S/C21H21NO2S/c23-19(12-11-15-7-3-1-4-8-15)20-18-13-17(14-22(18)21(20)24)25-16-9-5-2-6-10-16/h1-10,14,18-20,23H,11-13H2. The van der Waals surface area contributed by atoms with E-state index in [9.17, 15) is 9.90 Å². The number of aryl methyl sites for hydroxylation is 1. The lowest BCUT2D eigenvalue weighted by Crippen LogP contribution is -2.60. The molecule has 0 spiro atoms. The molecule has 3 atom stereocenters. The molecule has 0 saturated carbocycles. The van der Waals surface area contributed by atoms with Gasteiger partial charge in [-0.1, -0.05) is 60.3 Å². The number of aliphatic hydroxyl groups excluding tert-OH is 1. The highest BCUT2D eigenvalue weighted by molar-refractivity contribution is 8.03. The number of nitrogens with zero attached hydrogens (tertiary/aromatic N) is 1. The Hall–Kier alpha value is -2.04. The lowest BCUT2D eigenvalue weighted by molar-refractivity contribution is -0.157. The van der Waals surface area contributed by atoms with Crippen LogP contribution >= 0.6 is 11.8 Å². The minimum Gasteiger partial charge on any atom is -0.392 e. The Balaban J connectivity index is 1.35. The summed E-state index contributed by atoms with van der Waals surface area (Å²) in [6.07, 6.45) is 3.68. The van der Waals surface area contributed by atoms with Gasteiger partial charge in [-0.05, 0) is 30.5 Å². The maximum atomic E-state index is 12.4. The molecule has 1 amide bonds. The first-order chi connectivity index (χ1) is 12.2. The molecule has 3 nitrogen and oxygen atoms in total. The predicted molar refractivity (Wildman–Crippen MR) is 99.9 cm³/mol. The topological polar surface area (TPSA) is 40.5 Å². The van der Waals surface area contributed by atoms with Crippen molar-refractivity contribution in [2.24, 2.45) is 5.92 Å². The van der Waals surface area contributed by atoms with Crippen molar-refractivity contribution in [2.45, 2.75) is 36.3 Å². The average Bonchev–Trinajstić information content (AvgIpc) is 3.00. The molecule has 2 aromatic rings. The van der Waals surface area contributed by atoms with Gasteiger partial charge in [-0.2, -0.15) is 0 Å². The molecular formula is C21H21NO2S. The fourth-order valence-corrected chi connectivity index (χ4v) is 4.67. The van der Waals surface area contributed by atoms with Crippen LogP contribution in [0.1, 0.15) is 18.4 Å². The van der Waals surface area contributed by atoms with Crippen molar-refractivity contribution in [1.29, 1.82) is 0 Å². The molecule has 0 radical (unpaired) electrons. The Morgan fingerprint density at radius 1 is 1.08 bits per heavy atom. The van der Waals surface area contributed by atoms with E-state index in [4.69, 9.17) is 0 Å². The normalized spacial score (nSPS) is 23.0. The molecular weight excluding hydrogens is 330 g/mol. The maximum absolute atomic E-state index is 12.4. The van der Waals surface area contributed by atoms with E-state index in [2.05, 4.69) is 24.3 Å². The van der Waals surface area contributed by atoms with Crippen molar-refractivity contribution in [3.8, 4) is 0 Å². The van der Waals surface area contributed by atoms with Crippen molar-refractivity contribution in [2.75, 3.05) is 0 Å². The van der Waals surface area contributed by atoms with Crippen LogP contribution in [0.25, 0.3) is 0 Å². The summed E-state index contributed by atoms with van der Waals surface area (Å²) in [6, 6.07) is 20.5. The molecule has 4 rings (SSSR count). The third kappa shape index (κ3) is 3.37. The highest BCUT2D eigenvalue weighted by Gasteiger charge is 2.52. The number of aliphatic hydroxyl groups is 1. The smallest absolute Gasteiger partial charge is 0.234 e. The van der Waals surface area contributed by atoms with Crippen molar-refractivity contribution >= 4 is 17.7 Å². The Kier molecular flexibility index (Phi) is 4.64. The van der Waals surface area contributed by atoms with Gasteiger partial charge in [0.1, 0.15) is 0 Å². The SMILES string of the molecule is O=C1C(C(O)CCc2ccccc2)C2CC(Sc3ccccc3)=CN12. The van der Waals surface area contributed by atoms with E-state index in [1.807, 2.05) is 47.5 Å². The van der Waals surface area contributed by atoms with Gasteiger partial charge in [-0.25, -0.2) is 0 Å². The number of fused-ring (bicyclic) bond motifs is 1. The maximum Gasteiger partial charge on any atom is 0.234 e. The van der Waals surface area contributed by atoms with Crippen molar-refractivity contribution < 1.29 is 9.90 Å². The van der Waals surface area contributed by atoms with E-state index < -0.39 is 6.10 Å². The molecule has 3 unspecified atom stereocenters. The quantitative estimate of drug-likeness (QED) is 0.804. The average molecular weight is 351 g/mol. The molecule has 128 valence electrons. The molecule has 1 fully saturated rings. The molecule has 1 N–H and O–H groups in total. The van der Waals surface area contributed by atoms with E-state index in [-0.39, 0.29) is 17.9 Å². The van der Waals surface area contributed by atoms with Crippen LogP contribution in [0, 0.1) is 5.92 Å². The van der Waals surface area contributed by atoms with Crippen molar-refractivity contribution in [3.63, 3.8) is 0 Å². The Bertz CT molecular complexity index is 775. The fraction of sp³-hybridized carbons (Fsp3) is 0.286. The molecule has 1 saturated heterocycles. The summed E-state index contributed by atoms with van der Waals surface area (Å²) in [7, 11) is 0. The third-order valence-electron chi connectivity index (χ3n) is 4.98. The first-order valence-electron chi connectivity index (χ1n) is 8.70. The van der Waals surface area contributed by atoms with Gasteiger partial charge in [0.25, 0.3) is 0 Å². The minimum atomic E-state index is -0.566. The van der Waals surface area contributed by atoms with E-state index in [0.717, 1.165) is 12.8 Å². The van der Waals surface area contributed by atoms with Gasteiger partial charge >= 0.3 is 0 Å². The van der Waals surface area contributed by atoms with E-state index in [1.165, 1.54) is 15.4 Å². The fourth-order valence-electron chi connectivity index (χ4n) is 3.66. The van der Waals surface area contributed by atoms with Gasteiger partial charge in [0.2, 0.25) is 5.91 Å². The third-order valence-corrected chi connectivity index (χ3v) is 6.03. The summed E-state index contributed by atoms with van der Waals surface area (Å²) in [5, 5.41) is 10.5.